The first-order valence-electron chi connectivity index (χ1n) is 8.79. The Labute approximate surface area is 177 Å². The molecule has 2 aromatic rings. The van der Waals surface area contributed by atoms with Gasteiger partial charge in [0.2, 0.25) is 5.88 Å². The van der Waals surface area contributed by atoms with Gasteiger partial charge in [-0.05, 0) is 38.3 Å². The van der Waals surface area contributed by atoms with Crippen molar-refractivity contribution in [3.8, 4) is 11.6 Å². The molecule has 2 rings (SSSR count). The fourth-order valence-electron chi connectivity index (χ4n) is 2.48. The van der Waals surface area contributed by atoms with Crippen molar-refractivity contribution in [3.05, 3.63) is 53.0 Å². The molecule has 0 aliphatic heterocycles. The van der Waals surface area contributed by atoms with E-state index in [9.17, 15) is 18.0 Å². The predicted octanol–water partition coefficient (Wildman–Crippen LogP) is 4.83. The first-order valence-corrected chi connectivity index (χ1v) is 10.0. The molecule has 0 spiro atoms. The number of aryl methyl sites for hydroxylation is 1. The van der Waals surface area contributed by atoms with E-state index in [4.69, 9.17) is 4.74 Å². The van der Waals surface area contributed by atoms with Crippen molar-refractivity contribution in [1.29, 1.82) is 0 Å². The lowest BCUT2D eigenvalue weighted by atomic mass is 10.2. The number of carbonyl (C=O) groups excluding carboxylic acids is 1. The highest BCUT2D eigenvalue weighted by atomic mass is 32.2. The van der Waals surface area contributed by atoms with Crippen molar-refractivity contribution in [2.75, 3.05) is 20.4 Å². The fourth-order valence-corrected chi connectivity index (χ4v) is 3.10. The van der Waals surface area contributed by atoms with Crippen LogP contribution >= 0.6 is 11.8 Å². The van der Waals surface area contributed by atoms with E-state index < -0.39 is 17.7 Å². The van der Waals surface area contributed by atoms with Gasteiger partial charge in [0, 0.05) is 18.8 Å². The van der Waals surface area contributed by atoms with Crippen LogP contribution in [0.1, 0.15) is 23.9 Å². The van der Waals surface area contributed by atoms with Gasteiger partial charge in [-0.15, -0.1) is 11.8 Å². The number of halogens is 3. The third kappa shape index (κ3) is 6.12. The molecule has 0 aliphatic carbocycles. The molecule has 0 atom stereocenters. The normalized spacial score (nSPS) is 11.9. The van der Waals surface area contributed by atoms with Crippen LogP contribution in [0.5, 0.6) is 11.6 Å². The summed E-state index contributed by atoms with van der Waals surface area (Å²) in [7, 11) is 3.04. The maximum atomic E-state index is 13.0. The molecule has 0 aliphatic rings. The Balaban J connectivity index is 2.42. The lowest BCUT2D eigenvalue weighted by Crippen LogP contribution is -2.19. The number of aromatic nitrogens is 2. The molecule has 0 fully saturated rings. The van der Waals surface area contributed by atoms with Gasteiger partial charge >= 0.3 is 12.1 Å². The highest BCUT2D eigenvalue weighted by Crippen LogP contribution is 2.35. The van der Waals surface area contributed by atoms with Gasteiger partial charge in [0.15, 0.2) is 0 Å². The molecule has 0 unspecified atom stereocenters. The van der Waals surface area contributed by atoms with Gasteiger partial charge in [0.05, 0.1) is 24.8 Å². The quantitative estimate of drug-likeness (QED) is 0.264. The number of methoxy groups -OCH3 is 1. The molecule has 0 saturated carbocycles. The first-order chi connectivity index (χ1) is 14.0. The average Bonchev–Trinajstić information content (AvgIpc) is 2.68. The van der Waals surface area contributed by atoms with E-state index in [1.54, 1.807) is 25.8 Å². The van der Waals surface area contributed by atoms with Crippen molar-refractivity contribution in [2.24, 2.45) is 0 Å². The number of hydrogen-bond donors (Lipinski definition) is 0. The second kappa shape index (κ2) is 9.84. The molecule has 0 radical (unpaired) electrons. The number of alkyl halides is 3. The van der Waals surface area contributed by atoms with Crippen molar-refractivity contribution < 1.29 is 27.4 Å². The van der Waals surface area contributed by atoms with Gasteiger partial charge < -0.3 is 14.4 Å². The summed E-state index contributed by atoms with van der Waals surface area (Å²) in [6.45, 7) is 3.68. The molecule has 1 aromatic heterocycles. The Bertz CT molecular complexity index is 949. The Hall–Kier alpha value is -2.75. The number of allylic oxidation sites excluding steroid dienone is 1. The van der Waals surface area contributed by atoms with Crippen LogP contribution in [0.3, 0.4) is 0 Å². The summed E-state index contributed by atoms with van der Waals surface area (Å²) in [5.41, 5.74) is 0.400. The molecule has 6 nitrogen and oxygen atoms in total. The van der Waals surface area contributed by atoms with E-state index in [2.05, 4.69) is 14.7 Å². The first kappa shape index (κ1) is 23.5. The maximum Gasteiger partial charge on any atom is 0.416 e. The smallest absolute Gasteiger partial charge is 0.416 e. The Morgan fingerprint density at radius 1 is 1.30 bits per heavy atom. The number of ether oxygens (including phenoxy) is 2. The van der Waals surface area contributed by atoms with Gasteiger partial charge in [-0.1, -0.05) is 6.07 Å². The van der Waals surface area contributed by atoms with Gasteiger partial charge in [0.1, 0.15) is 16.6 Å². The molecular formula is C20H22F3N3O3S. The van der Waals surface area contributed by atoms with Crippen molar-refractivity contribution >= 4 is 17.7 Å². The van der Waals surface area contributed by atoms with Crippen LogP contribution in [0, 0.1) is 6.92 Å². The van der Waals surface area contributed by atoms with Crippen molar-refractivity contribution in [1.82, 2.24) is 14.9 Å². The SMILES string of the molecule is COC(=O)/C=C(\C)N(C)Cc1c(Oc2cccc(C(F)(F)F)c2)nc(C)nc1SC. The van der Waals surface area contributed by atoms with Gasteiger partial charge in [-0.3, -0.25) is 0 Å². The monoisotopic (exact) mass is 441 g/mol. The number of thioether (sulfide) groups is 1. The third-order valence-corrected chi connectivity index (χ3v) is 4.86. The van der Waals surface area contributed by atoms with Gasteiger partial charge in [-0.2, -0.15) is 18.2 Å². The van der Waals surface area contributed by atoms with Crippen molar-refractivity contribution in [2.45, 2.75) is 31.6 Å². The lowest BCUT2D eigenvalue weighted by Gasteiger charge is -2.22. The zero-order valence-electron chi connectivity index (χ0n) is 17.2. The topological polar surface area (TPSA) is 64.5 Å². The highest BCUT2D eigenvalue weighted by molar-refractivity contribution is 7.98. The zero-order valence-corrected chi connectivity index (χ0v) is 18.0. The number of nitrogens with zero attached hydrogens (tertiary/aromatic N) is 3. The summed E-state index contributed by atoms with van der Waals surface area (Å²) in [5.74, 6) is 0.101. The molecule has 0 saturated heterocycles. The standard InChI is InChI=1S/C20H22F3N3O3S/c1-12(9-17(27)28-4)26(3)11-16-18(24-13(2)25-19(16)30-5)29-15-8-6-7-14(10-15)20(21,22)23/h6-10H,11H2,1-5H3/b12-9+. The number of rotatable bonds is 7. The Morgan fingerprint density at radius 2 is 2.00 bits per heavy atom. The van der Waals surface area contributed by atoms with E-state index in [0.717, 1.165) is 12.1 Å². The summed E-state index contributed by atoms with van der Waals surface area (Å²) < 4.78 is 49.5. The molecule has 1 heterocycles. The second-order valence-electron chi connectivity index (χ2n) is 6.36. The van der Waals surface area contributed by atoms with Crippen LogP contribution in [0.2, 0.25) is 0 Å². The largest absolute Gasteiger partial charge is 0.466 e. The number of esters is 1. The van der Waals surface area contributed by atoms with Gasteiger partial charge in [-0.25, -0.2) is 9.78 Å². The van der Waals surface area contributed by atoms with Crippen LogP contribution in [0.15, 0.2) is 41.1 Å². The Kier molecular flexibility index (Phi) is 7.71. The average molecular weight is 441 g/mol. The summed E-state index contributed by atoms with van der Waals surface area (Å²) in [6, 6.07) is 4.60. The number of carbonyl (C=O) groups is 1. The third-order valence-electron chi connectivity index (χ3n) is 4.14. The molecule has 0 N–H and O–H groups in total. The summed E-state index contributed by atoms with van der Waals surface area (Å²) >= 11 is 1.36. The molecule has 0 bridgehead atoms. The number of benzene rings is 1. The van der Waals surface area contributed by atoms with E-state index in [1.807, 2.05) is 6.26 Å². The van der Waals surface area contributed by atoms with E-state index in [0.29, 0.717) is 22.1 Å². The summed E-state index contributed by atoms with van der Waals surface area (Å²) in [4.78, 5) is 22.0. The molecule has 1 aromatic carbocycles. The molecule has 0 amide bonds. The van der Waals surface area contributed by atoms with Crippen molar-refractivity contribution in [3.63, 3.8) is 0 Å². The van der Waals surface area contributed by atoms with Crippen LogP contribution in [-0.2, 0) is 22.3 Å². The van der Waals surface area contributed by atoms with E-state index in [1.165, 1.54) is 37.1 Å². The van der Waals surface area contributed by atoms with Crippen LogP contribution in [0.4, 0.5) is 13.2 Å². The van der Waals surface area contributed by atoms with Crippen LogP contribution in [-0.4, -0.2) is 41.3 Å². The highest BCUT2D eigenvalue weighted by Gasteiger charge is 2.30. The zero-order chi connectivity index (χ0) is 22.5. The maximum absolute atomic E-state index is 13.0. The molecule has 162 valence electrons. The summed E-state index contributed by atoms with van der Waals surface area (Å²) in [6.07, 6.45) is -1.32. The minimum Gasteiger partial charge on any atom is -0.466 e. The fraction of sp³-hybridized carbons (Fsp3) is 0.350. The van der Waals surface area contributed by atoms with Crippen LogP contribution < -0.4 is 4.74 Å². The summed E-state index contributed by atoms with van der Waals surface area (Å²) in [5, 5.41) is 0.627. The molecule has 30 heavy (non-hydrogen) atoms. The van der Waals surface area contributed by atoms with Crippen LogP contribution in [0.25, 0.3) is 0 Å². The van der Waals surface area contributed by atoms with E-state index >= 15 is 0 Å². The minimum absolute atomic E-state index is 0.0145. The molecular weight excluding hydrogens is 419 g/mol. The molecule has 10 heteroatoms. The van der Waals surface area contributed by atoms with Gasteiger partial charge in [0.25, 0.3) is 0 Å². The number of hydrogen-bond acceptors (Lipinski definition) is 7. The lowest BCUT2D eigenvalue weighted by molar-refractivity contribution is -0.137. The second-order valence-corrected chi connectivity index (χ2v) is 7.15. The minimum atomic E-state index is -4.48. The predicted molar refractivity (Wildman–Crippen MR) is 107 cm³/mol. The van der Waals surface area contributed by atoms with E-state index in [-0.39, 0.29) is 18.2 Å². The Morgan fingerprint density at radius 3 is 2.60 bits per heavy atom.